The summed E-state index contributed by atoms with van der Waals surface area (Å²) in [4.78, 5) is 22.5. The van der Waals surface area contributed by atoms with E-state index < -0.39 is 4.92 Å². The lowest BCUT2D eigenvalue weighted by molar-refractivity contribution is -0.384. The molecule has 0 atom stereocenters. The molecular weight excluding hydrogens is 384 g/mol. The van der Waals surface area contributed by atoms with Crippen molar-refractivity contribution in [2.24, 2.45) is 0 Å². The molecule has 0 fully saturated rings. The molecule has 0 aliphatic rings. The Labute approximate surface area is 173 Å². The van der Waals surface area contributed by atoms with E-state index in [9.17, 15) is 14.9 Å². The molecule has 0 saturated carbocycles. The van der Waals surface area contributed by atoms with Crippen molar-refractivity contribution in [3.05, 3.63) is 100 Å². The minimum atomic E-state index is -0.527. The van der Waals surface area contributed by atoms with Crippen LogP contribution in [0.25, 0.3) is 6.08 Å². The Morgan fingerprint density at radius 3 is 2.47 bits per heavy atom. The summed E-state index contributed by atoms with van der Waals surface area (Å²) in [7, 11) is 1.38. The van der Waals surface area contributed by atoms with Gasteiger partial charge in [0.15, 0.2) is 0 Å². The Morgan fingerprint density at radius 2 is 1.80 bits per heavy atom. The number of nitro benzene ring substituents is 1. The van der Waals surface area contributed by atoms with E-state index in [0.29, 0.717) is 12.3 Å². The van der Waals surface area contributed by atoms with Crippen LogP contribution < -0.4 is 14.8 Å². The van der Waals surface area contributed by atoms with Gasteiger partial charge in [0.1, 0.15) is 18.1 Å². The van der Waals surface area contributed by atoms with Crippen molar-refractivity contribution in [3.63, 3.8) is 0 Å². The number of nitrogens with zero attached hydrogens (tertiary/aromatic N) is 1. The van der Waals surface area contributed by atoms with Gasteiger partial charge in [-0.2, -0.15) is 0 Å². The predicted molar refractivity (Wildman–Crippen MR) is 115 cm³/mol. The van der Waals surface area contributed by atoms with Crippen LogP contribution in [0.5, 0.6) is 11.5 Å². The standard InChI is InChI=1S/C23H20N2O5/c1-29-22-15-19(25(27)28)10-13-21(22)24-23(26)14-9-17-7-11-20(12-8-17)30-16-18-5-3-2-4-6-18/h2-15H,16H2,1H3,(H,24,26). The van der Waals surface area contributed by atoms with E-state index in [4.69, 9.17) is 9.47 Å². The highest BCUT2D eigenvalue weighted by atomic mass is 16.6. The average molecular weight is 404 g/mol. The van der Waals surface area contributed by atoms with Gasteiger partial charge in [0.25, 0.3) is 5.69 Å². The van der Waals surface area contributed by atoms with Gasteiger partial charge in [-0.1, -0.05) is 42.5 Å². The normalized spacial score (nSPS) is 10.6. The molecule has 30 heavy (non-hydrogen) atoms. The number of amides is 1. The number of carbonyl (C=O) groups is 1. The zero-order valence-corrected chi connectivity index (χ0v) is 16.3. The Morgan fingerprint density at radius 1 is 1.07 bits per heavy atom. The van der Waals surface area contributed by atoms with Crippen LogP contribution in [0.3, 0.4) is 0 Å². The molecular formula is C23H20N2O5. The molecule has 1 N–H and O–H groups in total. The number of ether oxygens (including phenoxy) is 2. The van der Waals surface area contributed by atoms with E-state index in [1.807, 2.05) is 54.6 Å². The maximum absolute atomic E-state index is 12.2. The topological polar surface area (TPSA) is 90.7 Å². The SMILES string of the molecule is COc1cc([N+](=O)[O-])ccc1NC(=O)C=Cc1ccc(OCc2ccccc2)cc1. The Kier molecular flexibility index (Phi) is 6.78. The summed E-state index contributed by atoms with van der Waals surface area (Å²) in [5.41, 5.74) is 2.14. The zero-order chi connectivity index (χ0) is 21.3. The number of carbonyl (C=O) groups excluding carboxylic acids is 1. The molecule has 0 spiro atoms. The second-order valence-corrected chi connectivity index (χ2v) is 6.31. The number of hydrogen-bond acceptors (Lipinski definition) is 5. The number of nitro groups is 1. The fraction of sp³-hybridized carbons (Fsp3) is 0.0870. The van der Waals surface area contributed by atoms with Crippen LogP contribution in [0.15, 0.2) is 78.9 Å². The van der Waals surface area contributed by atoms with E-state index in [-0.39, 0.29) is 17.3 Å². The van der Waals surface area contributed by atoms with Gasteiger partial charge in [0.05, 0.1) is 23.8 Å². The van der Waals surface area contributed by atoms with Crippen LogP contribution in [0.2, 0.25) is 0 Å². The summed E-state index contributed by atoms with van der Waals surface area (Å²) in [6, 6.07) is 21.2. The van der Waals surface area contributed by atoms with Crippen LogP contribution in [-0.4, -0.2) is 17.9 Å². The van der Waals surface area contributed by atoms with Gasteiger partial charge in [0.2, 0.25) is 5.91 Å². The molecule has 7 nitrogen and oxygen atoms in total. The highest BCUT2D eigenvalue weighted by molar-refractivity contribution is 6.02. The number of non-ortho nitro benzene ring substituents is 1. The number of benzene rings is 3. The fourth-order valence-corrected chi connectivity index (χ4v) is 2.66. The second kappa shape index (κ2) is 9.88. The molecule has 0 aliphatic heterocycles. The van der Waals surface area contributed by atoms with E-state index >= 15 is 0 Å². The minimum absolute atomic E-state index is 0.116. The molecule has 0 heterocycles. The predicted octanol–water partition coefficient (Wildman–Crippen LogP) is 4.83. The first-order chi connectivity index (χ1) is 14.5. The Hall–Kier alpha value is -4.13. The molecule has 3 aromatic carbocycles. The lowest BCUT2D eigenvalue weighted by Gasteiger charge is -2.08. The smallest absolute Gasteiger partial charge is 0.273 e. The lowest BCUT2D eigenvalue weighted by atomic mass is 10.2. The monoisotopic (exact) mass is 404 g/mol. The molecule has 7 heteroatoms. The van der Waals surface area contributed by atoms with Crippen LogP contribution in [0, 0.1) is 10.1 Å². The summed E-state index contributed by atoms with van der Waals surface area (Å²) >= 11 is 0. The van der Waals surface area contributed by atoms with Gasteiger partial charge in [-0.3, -0.25) is 14.9 Å². The van der Waals surface area contributed by atoms with Crippen LogP contribution in [-0.2, 0) is 11.4 Å². The van der Waals surface area contributed by atoms with E-state index in [0.717, 1.165) is 16.9 Å². The van der Waals surface area contributed by atoms with Gasteiger partial charge >= 0.3 is 0 Å². The van der Waals surface area contributed by atoms with Crippen molar-refractivity contribution in [2.45, 2.75) is 6.61 Å². The van der Waals surface area contributed by atoms with Gasteiger partial charge in [-0.15, -0.1) is 0 Å². The molecule has 0 bridgehead atoms. The van der Waals surface area contributed by atoms with Crippen molar-refractivity contribution >= 4 is 23.4 Å². The summed E-state index contributed by atoms with van der Waals surface area (Å²) in [6.07, 6.45) is 3.04. The maximum Gasteiger partial charge on any atom is 0.273 e. The Bertz CT molecular complexity index is 1050. The average Bonchev–Trinajstić information content (AvgIpc) is 2.77. The van der Waals surface area contributed by atoms with Crippen molar-refractivity contribution in [1.82, 2.24) is 0 Å². The van der Waals surface area contributed by atoms with Crippen molar-refractivity contribution in [1.29, 1.82) is 0 Å². The Balaban J connectivity index is 1.57. The molecule has 3 rings (SSSR count). The molecule has 0 saturated heterocycles. The highest BCUT2D eigenvalue weighted by Crippen LogP contribution is 2.29. The summed E-state index contributed by atoms with van der Waals surface area (Å²) in [5.74, 6) is 0.563. The van der Waals surface area contributed by atoms with Crippen LogP contribution in [0.4, 0.5) is 11.4 Å². The first kappa shape index (κ1) is 20.6. The van der Waals surface area contributed by atoms with Gasteiger partial charge in [0, 0.05) is 12.1 Å². The minimum Gasteiger partial charge on any atom is -0.494 e. The summed E-state index contributed by atoms with van der Waals surface area (Å²) in [6.45, 7) is 0.482. The molecule has 0 unspecified atom stereocenters. The van der Waals surface area contributed by atoms with Gasteiger partial charge in [-0.25, -0.2) is 0 Å². The van der Waals surface area contributed by atoms with Crippen molar-refractivity contribution in [2.75, 3.05) is 12.4 Å². The third kappa shape index (κ3) is 5.68. The van der Waals surface area contributed by atoms with Gasteiger partial charge < -0.3 is 14.8 Å². The molecule has 0 aliphatic carbocycles. The van der Waals surface area contributed by atoms with E-state index in [1.54, 1.807) is 6.08 Å². The molecule has 0 radical (unpaired) electrons. The second-order valence-electron chi connectivity index (χ2n) is 6.31. The summed E-state index contributed by atoms with van der Waals surface area (Å²) < 4.78 is 10.8. The van der Waals surface area contributed by atoms with Crippen molar-refractivity contribution in [3.8, 4) is 11.5 Å². The highest BCUT2D eigenvalue weighted by Gasteiger charge is 2.12. The third-order valence-corrected chi connectivity index (χ3v) is 4.21. The maximum atomic E-state index is 12.2. The number of hydrogen-bond donors (Lipinski definition) is 1. The third-order valence-electron chi connectivity index (χ3n) is 4.21. The van der Waals surface area contributed by atoms with E-state index in [1.165, 1.54) is 31.4 Å². The summed E-state index contributed by atoms with van der Waals surface area (Å²) in [5, 5.41) is 13.5. The van der Waals surface area contributed by atoms with Gasteiger partial charge in [-0.05, 0) is 35.4 Å². The molecule has 3 aromatic rings. The number of methoxy groups -OCH3 is 1. The molecule has 152 valence electrons. The quantitative estimate of drug-likeness (QED) is 0.330. The first-order valence-electron chi connectivity index (χ1n) is 9.13. The fourth-order valence-electron chi connectivity index (χ4n) is 2.66. The number of rotatable bonds is 8. The number of anilines is 1. The van der Waals surface area contributed by atoms with Crippen LogP contribution in [0.1, 0.15) is 11.1 Å². The lowest BCUT2D eigenvalue weighted by Crippen LogP contribution is -2.09. The number of nitrogens with one attached hydrogen (secondary N) is 1. The zero-order valence-electron chi connectivity index (χ0n) is 16.3. The van der Waals surface area contributed by atoms with Crippen molar-refractivity contribution < 1.29 is 19.2 Å². The van der Waals surface area contributed by atoms with Crippen LogP contribution >= 0.6 is 0 Å². The van der Waals surface area contributed by atoms with E-state index in [2.05, 4.69) is 5.32 Å². The largest absolute Gasteiger partial charge is 0.494 e. The molecule has 1 amide bonds. The molecule has 0 aromatic heterocycles. The first-order valence-corrected chi connectivity index (χ1v) is 9.13.